The standard InChI is InChI=1S/C10H9F6N/c1-2-6-3-4-7(5-17)8(6,9(11,12)13)10(14,15)16/h4,6-7H,1-3H2. The van der Waals surface area contributed by atoms with E-state index >= 15 is 0 Å². The molecule has 1 rings (SSSR count). The van der Waals surface area contributed by atoms with Gasteiger partial charge >= 0.3 is 12.4 Å². The summed E-state index contributed by atoms with van der Waals surface area (Å²) in [6, 6.07) is 1.11. The van der Waals surface area contributed by atoms with Crippen molar-refractivity contribution < 1.29 is 26.3 Å². The fourth-order valence-electron chi connectivity index (χ4n) is 2.40. The molecule has 96 valence electrons. The summed E-state index contributed by atoms with van der Waals surface area (Å²) in [6.07, 6.45) is -11.2. The maximum Gasteiger partial charge on any atom is 0.404 e. The lowest BCUT2D eigenvalue weighted by atomic mass is 9.70. The number of hydrogen-bond acceptors (Lipinski definition) is 1. The summed E-state index contributed by atoms with van der Waals surface area (Å²) >= 11 is 0. The maximum atomic E-state index is 12.9. The van der Waals surface area contributed by atoms with Crippen molar-refractivity contribution in [1.29, 1.82) is 5.26 Å². The van der Waals surface area contributed by atoms with Crippen LogP contribution in [0.1, 0.15) is 12.8 Å². The second kappa shape index (κ2) is 4.07. The molecule has 0 aromatic rings. The van der Waals surface area contributed by atoms with Crippen molar-refractivity contribution in [3.8, 4) is 6.07 Å². The molecule has 2 radical (unpaired) electrons. The summed E-state index contributed by atoms with van der Waals surface area (Å²) in [7, 11) is 0. The Morgan fingerprint density at radius 2 is 1.71 bits per heavy atom. The lowest BCUT2D eigenvalue weighted by Gasteiger charge is -2.40. The van der Waals surface area contributed by atoms with Gasteiger partial charge in [0.05, 0.1) is 12.0 Å². The van der Waals surface area contributed by atoms with E-state index in [1.165, 1.54) is 0 Å². The molecule has 1 nitrogen and oxygen atoms in total. The van der Waals surface area contributed by atoms with Gasteiger partial charge in [-0.1, -0.05) is 6.92 Å². The first-order chi connectivity index (χ1) is 7.62. The topological polar surface area (TPSA) is 23.8 Å². The first kappa shape index (κ1) is 14.1. The predicted octanol–water partition coefficient (Wildman–Crippen LogP) is 3.69. The number of nitriles is 1. The van der Waals surface area contributed by atoms with E-state index in [0.29, 0.717) is 0 Å². The van der Waals surface area contributed by atoms with Crippen molar-refractivity contribution >= 4 is 0 Å². The second-order valence-corrected chi connectivity index (χ2v) is 3.93. The van der Waals surface area contributed by atoms with Crippen molar-refractivity contribution in [3.05, 3.63) is 13.3 Å². The van der Waals surface area contributed by atoms with Crippen LogP contribution < -0.4 is 0 Å². The zero-order valence-corrected chi connectivity index (χ0v) is 8.57. The molecular formula is C10H9F6N. The quantitative estimate of drug-likeness (QED) is 0.657. The second-order valence-electron chi connectivity index (χ2n) is 3.93. The lowest BCUT2D eigenvalue weighted by molar-refractivity contribution is -0.360. The van der Waals surface area contributed by atoms with E-state index in [-0.39, 0.29) is 0 Å². The minimum Gasteiger partial charge on any atom is -0.198 e. The van der Waals surface area contributed by atoms with Gasteiger partial charge in [0.2, 0.25) is 0 Å². The molecule has 1 fully saturated rings. The SMILES string of the molecule is [CH2]CC1C[CH]C(C#N)C1(C(F)(F)F)C(F)(F)F. The van der Waals surface area contributed by atoms with Crippen molar-refractivity contribution in [2.24, 2.45) is 17.3 Å². The number of alkyl halides is 6. The van der Waals surface area contributed by atoms with Gasteiger partial charge in [0, 0.05) is 0 Å². The van der Waals surface area contributed by atoms with Crippen LogP contribution in [0.4, 0.5) is 26.3 Å². The molecular weight excluding hydrogens is 248 g/mol. The molecule has 7 heteroatoms. The minimum atomic E-state index is -5.51. The van der Waals surface area contributed by atoms with Crippen molar-refractivity contribution in [3.63, 3.8) is 0 Å². The molecule has 0 heterocycles. The van der Waals surface area contributed by atoms with E-state index in [2.05, 4.69) is 6.92 Å². The number of nitrogens with zero attached hydrogens (tertiary/aromatic N) is 1. The van der Waals surface area contributed by atoms with Gasteiger partial charge in [-0.15, -0.1) is 0 Å². The Morgan fingerprint density at radius 1 is 1.24 bits per heavy atom. The first-order valence-electron chi connectivity index (χ1n) is 4.78. The molecule has 0 aliphatic heterocycles. The Hall–Kier alpha value is -0.930. The fraction of sp³-hybridized carbons (Fsp3) is 0.700. The first-order valence-corrected chi connectivity index (χ1v) is 4.78. The largest absolute Gasteiger partial charge is 0.404 e. The van der Waals surface area contributed by atoms with Crippen LogP contribution in [0.3, 0.4) is 0 Å². The van der Waals surface area contributed by atoms with Gasteiger partial charge in [-0.3, -0.25) is 0 Å². The molecule has 1 aliphatic rings. The third-order valence-electron chi connectivity index (χ3n) is 3.22. The molecule has 0 N–H and O–H groups in total. The van der Waals surface area contributed by atoms with Gasteiger partial charge in [0.25, 0.3) is 0 Å². The van der Waals surface area contributed by atoms with E-state index in [1.54, 1.807) is 0 Å². The van der Waals surface area contributed by atoms with Crippen molar-refractivity contribution in [2.75, 3.05) is 0 Å². The Morgan fingerprint density at radius 3 is 2.00 bits per heavy atom. The van der Waals surface area contributed by atoms with Crippen molar-refractivity contribution in [2.45, 2.75) is 25.2 Å². The molecule has 0 saturated heterocycles. The van der Waals surface area contributed by atoms with Crippen molar-refractivity contribution in [1.82, 2.24) is 0 Å². The Kier molecular flexibility index (Phi) is 3.38. The molecule has 1 saturated carbocycles. The molecule has 2 unspecified atom stereocenters. The summed E-state index contributed by atoms with van der Waals surface area (Å²) in [5.74, 6) is -3.93. The highest BCUT2D eigenvalue weighted by molar-refractivity contribution is 5.19. The van der Waals surface area contributed by atoms with Crippen LogP contribution in [-0.2, 0) is 0 Å². The van der Waals surface area contributed by atoms with E-state index < -0.39 is 42.4 Å². The predicted molar refractivity (Wildman–Crippen MR) is 46.0 cm³/mol. The van der Waals surface area contributed by atoms with Crippen LogP contribution in [0.5, 0.6) is 0 Å². The number of halogens is 6. The zero-order valence-electron chi connectivity index (χ0n) is 8.57. The highest BCUT2D eigenvalue weighted by atomic mass is 19.4. The third kappa shape index (κ3) is 1.78. The average molecular weight is 257 g/mol. The monoisotopic (exact) mass is 257 g/mol. The molecule has 2 atom stereocenters. The van der Waals surface area contributed by atoms with Crippen LogP contribution in [0.25, 0.3) is 0 Å². The Bertz CT molecular complexity index is 309. The minimum absolute atomic E-state index is 0.402. The van der Waals surface area contributed by atoms with Gasteiger partial charge < -0.3 is 0 Å². The summed E-state index contributed by atoms with van der Waals surface area (Å²) in [6.45, 7) is 3.13. The summed E-state index contributed by atoms with van der Waals surface area (Å²) < 4.78 is 77.2. The van der Waals surface area contributed by atoms with E-state index in [4.69, 9.17) is 5.26 Å². The fourth-order valence-corrected chi connectivity index (χ4v) is 2.40. The third-order valence-corrected chi connectivity index (χ3v) is 3.22. The summed E-state index contributed by atoms with van der Waals surface area (Å²) in [5, 5.41) is 8.54. The molecule has 0 bridgehead atoms. The summed E-state index contributed by atoms with van der Waals surface area (Å²) in [5.41, 5.74) is -3.98. The van der Waals surface area contributed by atoms with Crippen LogP contribution >= 0.6 is 0 Å². The molecule has 17 heavy (non-hydrogen) atoms. The summed E-state index contributed by atoms with van der Waals surface area (Å²) in [4.78, 5) is 0. The van der Waals surface area contributed by atoms with Crippen LogP contribution in [0.2, 0.25) is 0 Å². The number of hydrogen-bond donors (Lipinski definition) is 0. The van der Waals surface area contributed by atoms with E-state index in [0.717, 1.165) is 12.5 Å². The zero-order chi connectivity index (χ0) is 13.5. The normalized spacial score (nSPS) is 29.1. The number of rotatable bonds is 1. The molecule has 0 amide bonds. The van der Waals surface area contributed by atoms with Crippen LogP contribution in [-0.4, -0.2) is 12.4 Å². The maximum absolute atomic E-state index is 12.9. The lowest BCUT2D eigenvalue weighted by Crippen LogP contribution is -2.56. The Labute approximate surface area is 94.4 Å². The van der Waals surface area contributed by atoms with E-state index in [1.807, 2.05) is 0 Å². The van der Waals surface area contributed by atoms with Gasteiger partial charge in [-0.05, 0) is 25.2 Å². The van der Waals surface area contributed by atoms with Gasteiger partial charge in [0.15, 0.2) is 5.41 Å². The van der Waals surface area contributed by atoms with Crippen LogP contribution in [0, 0.1) is 41.9 Å². The van der Waals surface area contributed by atoms with Gasteiger partial charge in [-0.2, -0.15) is 31.6 Å². The van der Waals surface area contributed by atoms with E-state index in [9.17, 15) is 26.3 Å². The highest BCUT2D eigenvalue weighted by Crippen LogP contribution is 2.65. The van der Waals surface area contributed by atoms with Gasteiger partial charge in [0.1, 0.15) is 0 Å². The molecule has 0 aromatic carbocycles. The smallest absolute Gasteiger partial charge is 0.198 e. The highest BCUT2D eigenvalue weighted by Gasteiger charge is 2.78. The molecule has 0 aromatic heterocycles. The van der Waals surface area contributed by atoms with Gasteiger partial charge in [-0.25, -0.2) is 0 Å². The average Bonchev–Trinajstić information content (AvgIpc) is 2.54. The van der Waals surface area contributed by atoms with Crippen LogP contribution in [0.15, 0.2) is 0 Å². The molecule has 0 spiro atoms. The molecule has 1 aliphatic carbocycles. The Balaban J connectivity index is 3.43.